The largest absolute Gasteiger partial charge is 0.397 e. The van der Waals surface area contributed by atoms with Gasteiger partial charge in [0.2, 0.25) is 0 Å². The summed E-state index contributed by atoms with van der Waals surface area (Å²) in [6.45, 7) is 4.75. The van der Waals surface area contributed by atoms with Crippen LogP contribution in [0.1, 0.15) is 78.1 Å². The number of hydrogen-bond donors (Lipinski definition) is 2. The van der Waals surface area contributed by atoms with Gasteiger partial charge in [-0.2, -0.15) is 8.42 Å². The van der Waals surface area contributed by atoms with E-state index in [0.717, 1.165) is 38.5 Å². The Morgan fingerprint density at radius 2 is 1.46 bits per heavy atom. The van der Waals surface area contributed by atoms with E-state index >= 15 is 0 Å². The summed E-state index contributed by atoms with van der Waals surface area (Å²) >= 11 is 0. The van der Waals surface area contributed by atoms with Gasteiger partial charge in [0.25, 0.3) is 0 Å². The third kappa shape index (κ3) is 16.4. The summed E-state index contributed by atoms with van der Waals surface area (Å²) in [6.07, 6.45) is 12.3. The zero-order valence-electron chi connectivity index (χ0n) is 15.2. The SMILES string of the molecule is CC(C)C(COS(=O)(=O)O)NCCCCCCCCCCCC=O. The van der Waals surface area contributed by atoms with Crippen molar-refractivity contribution in [2.24, 2.45) is 5.92 Å². The number of rotatable bonds is 17. The molecular formula is C17H35NO5S. The zero-order chi connectivity index (χ0) is 18.3. The fourth-order valence-corrected chi connectivity index (χ4v) is 2.84. The van der Waals surface area contributed by atoms with E-state index in [2.05, 4.69) is 9.50 Å². The Kier molecular flexibility index (Phi) is 14.5. The van der Waals surface area contributed by atoms with Crippen LogP contribution in [0.4, 0.5) is 0 Å². The van der Waals surface area contributed by atoms with E-state index in [0.29, 0.717) is 6.42 Å². The Morgan fingerprint density at radius 1 is 0.958 bits per heavy atom. The fraction of sp³-hybridized carbons (Fsp3) is 0.941. The second kappa shape index (κ2) is 14.8. The Hall–Kier alpha value is -0.500. The van der Waals surface area contributed by atoms with Crippen molar-refractivity contribution in [2.45, 2.75) is 84.1 Å². The second-order valence-electron chi connectivity index (χ2n) is 6.65. The van der Waals surface area contributed by atoms with Crippen LogP contribution in [-0.4, -0.2) is 38.5 Å². The van der Waals surface area contributed by atoms with Gasteiger partial charge in [-0.25, -0.2) is 4.18 Å². The molecule has 7 heteroatoms. The van der Waals surface area contributed by atoms with Crippen molar-refractivity contribution < 1.29 is 21.9 Å². The summed E-state index contributed by atoms with van der Waals surface area (Å²) in [5.41, 5.74) is 0. The molecule has 0 bridgehead atoms. The molecule has 0 aliphatic rings. The molecule has 0 aromatic heterocycles. The van der Waals surface area contributed by atoms with Crippen LogP contribution >= 0.6 is 0 Å². The van der Waals surface area contributed by atoms with E-state index in [1.54, 1.807) is 0 Å². The number of nitrogens with one attached hydrogen (secondary N) is 1. The van der Waals surface area contributed by atoms with Gasteiger partial charge >= 0.3 is 10.4 Å². The molecule has 1 atom stereocenters. The van der Waals surface area contributed by atoms with Gasteiger partial charge in [-0.3, -0.25) is 4.55 Å². The molecular weight excluding hydrogens is 330 g/mol. The third-order valence-electron chi connectivity index (χ3n) is 4.11. The van der Waals surface area contributed by atoms with E-state index in [9.17, 15) is 13.2 Å². The van der Waals surface area contributed by atoms with Crippen LogP contribution in [0.3, 0.4) is 0 Å². The summed E-state index contributed by atoms with van der Waals surface area (Å²) < 4.78 is 34.3. The molecule has 0 radical (unpaired) electrons. The van der Waals surface area contributed by atoms with Crippen LogP contribution in [0.5, 0.6) is 0 Å². The van der Waals surface area contributed by atoms with E-state index in [4.69, 9.17) is 4.55 Å². The van der Waals surface area contributed by atoms with Gasteiger partial charge in [-0.05, 0) is 25.3 Å². The maximum absolute atomic E-state index is 10.6. The lowest BCUT2D eigenvalue weighted by Gasteiger charge is -2.21. The minimum absolute atomic E-state index is 0.0411. The topological polar surface area (TPSA) is 92.7 Å². The average Bonchev–Trinajstić information content (AvgIpc) is 2.49. The van der Waals surface area contributed by atoms with Gasteiger partial charge < -0.3 is 10.1 Å². The lowest BCUT2D eigenvalue weighted by atomic mass is 10.0. The van der Waals surface area contributed by atoms with E-state index in [1.807, 2.05) is 13.8 Å². The number of aldehydes is 1. The highest BCUT2D eigenvalue weighted by Crippen LogP contribution is 2.10. The second-order valence-corrected chi connectivity index (χ2v) is 7.75. The highest BCUT2D eigenvalue weighted by molar-refractivity contribution is 7.80. The van der Waals surface area contributed by atoms with Crippen molar-refractivity contribution in [3.05, 3.63) is 0 Å². The standard InChI is InChI=1S/C17H35NO5S/c1-16(2)17(15-23-24(20,21)22)18-13-11-9-7-5-3-4-6-8-10-12-14-19/h14,16-18H,3-13,15H2,1-2H3,(H,20,21,22). The maximum atomic E-state index is 10.6. The molecule has 0 heterocycles. The monoisotopic (exact) mass is 365 g/mol. The van der Waals surface area contributed by atoms with Gasteiger partial charge in [0.15, 0.2) is 0 Å². The molecule has 144 valence electrons. The first-order chi connectivity index (χ1) is 11.4. The van der Waals surface area contributed by atoms with Crippen molar-refractivity contribution in [3.8, 4) is 0 Å². The molecule has 24 heavy (non-hydrogen) atoms. The van der Waals surface area contributed by atoms with Crippen LogP contribution in [0, 0.1) is 5.92 Å². The van der Waals surface area contributed by atoms with Crippen LogP contribution in [0.2, 0.25) is 0 Å². The van der Waals surface area contributed by atoms with Gasteiger partial charge in [-0.15, -0.1) is 0 Å². The lowest BCUT2D eigenvalue weighted by molar-refractivity contribution is -0.107. The number of hydrogen-bond acceptors (Lipinski definition) is 5. The molecule has 6 nitrogen and oxygen atoms in total. The Morgan fingerprint density at radius 3 is 1.92 bits per heavy atom. The molecule has 0 amide bonds. The zero-order valence-corrected chi connectivity index (χ0v) is 16.0. The van der Waals surface area contributed by atoms with E-state index in [1.165, 1.54) is 32.1 Å². The maximum Gasteiger partial charge on any atom is 0.397 e. The molecule has 0 aromatic carbocycles. The van der Waals surface area contributed by atoms with Crippen LogP contribution in [0.15, 0.2) is 0 Å². The van der Waals surface area contributed by atoms with Gasteiger partial charge in [0, 0.05) is 12.5 Å². The predicted octanol–water partition coefficient (Wildman–Crippen LogP) is 3.52. The molecule has 2 N–H and O–H groups in total. The summed E-state index contributed by atoms with van der Waals surface area (Å²) in [6, 6.07) is -0.0849. The Bertz CT molecular complexity index is 398. The van der Waals surface area contributed by atoms with Crippen molar-refractivity contribution in [1.29, 1.82) is 0 Å². The lowest BCUT2D eigenvalue weighted by Crippen LogP contribution is -2.39. The van der Waals surface area contributed by atoms with Crippen LogP contribution in [-0.2, 0) is 19.4 Å². The minimum Gasteiger partial charge on any atom is -0.311 e. The van der Waals surface area contributed by atoms with E-state index in [-0.39, 0.29) is 18.6 Å². The molecule has 0 rings (SSSR count). The quantitative estimate of drug-likeness (QED) is 0.233. The van der Waals surface area contributed by atoms with Crippen LogP contribution in [0.25, 0.3) is 0 Å². The number of carbonyl (C=O) groups excluding carboxylic acids is 1. The highest BCUT2D eigenvalue weighted by atomic mass is 32.3. The van der Waals surface area contributed by atoms with Crippen LogP contribution < -0.4 is 5.32 Å². The molecule has 0 fully saturated rings. The summed E-state index contributed by atoms with van der Waals surface area (Å²) in [4.78, 5) is 10.2. The molecule has 0 spiro atoms. The number of unbranched alkanes of at least 4 members (excludes halogenated alkanes) is 9. The molecule has 1 unspecified atom stereocenters. The molecule has 0 aliphatic carbocycles. The first kappa shape index (κ1) is 23.5. The van der Waals surface area contributed by atoms with Gasteiger partial charge in [-0.1, -0.05) is 58.8 Å². The third-order valence-corrected chi connectivity index (χ3v) is 4.54. The molecule has 0 aromatic rings. The number of carbonyl (C=O) groups is 1. The van der Waals surface area contributed by atoms with Crippen molar-refractivity contribution >= 4 is 16.7 Å². The molecule has 0 saturated carbocycles. The summed E-state index contributed by atoms with van der Waals surface area (Å²) in [5.74, 6) is 0.228. The Labute approximate surface area is 147 Å². The summed E-state index contributed by atoms with van der Waals surface area (Å²) in [7, 11) is -4.37. The average molecular weight is 366 g/mol. The van der Waals surface area contributed by atoms with Gasteiger partial charge in [0.05, 0.1) is 6.61 Å². The molecule has 0 aliphatic heterocycles. The first-order valence-corrected chi connectivity index (χ1v) is 10.5. The van der Waals surface area contributed by atoms with Gasteiger partial charge in [0.1, 0.15) is 6.29 Å². The van der Waals surface area contributed by atoms with E-state index < -0.39 is 10.4 Å². The Balaban J connectivity index is 3.50. The molecule has 0 saturated heterocycles. The van der Waals surface area contributed by atoms with Crippen molar-refractivity contribution in [2.75, 3.05) is 13.2 Å². The van der Waals surface area contributed by atoms with Crippen molar-refractivity contribution in [1.82, 2.24) is 5.32 Å². The smallest absolute Gasteiger partial charge is 0.311 e. The minimum atomic E-state index is -4.37. The van der Waals surface area contributed by atoms with Crippen molar-refractivity contribution in [3.63, 3.8) is 0 Å². The normalized spacial score (nSPS) is 13.3. The fourth-order valence-electron chi connectivity index (χ4n) is 2.52. The highest BCUT2D eigenvalue weighted by Gasteiger charge is 2.16. The predicted molar refractivity (Wildman–Crippen MR) is 96.4 cm³/mol. The first-order valence-electron chi connectivity index (χ1n) is 9.15. The summed E-state index contributed by atoms with van der Waals surface area (Å²) in [5, 5.41) is 3.29.